The van der Waals surface area contributed by atoms with Gasteiger partial charge in [0.1, 0.15) is 10.0 Å². The van der Waals surface area contributed by atoms with Crippen molar-refractivity contribution in [3.05, 3.63) is 51.6 Å². The molecule has 0 saturated heterocycles. The molecule has 0 radical (unpaired) electrons. The molecule has 3 aromatic heterocycles. The number of ether oxygens (including phenoxy) is 1. The maximum absolute atomic E-state index is 12.7. The number of hydrogen-bond acceptors (Lipinski definition) is 9. The van der Waals surface area contributed by atoms with Gasteiger partial charge in [0.2, 0.25) is 5.91 Å². The van der Waals surface area contributed by atoms with Gasteiger partial charge < -0.3 is 10.1 Å². The molecule has 0 atom stereocenters. The molecule has 0 bridgehead atoms. The number of thiazole rings is 1. The van der Waals surface area contributed by atoms with Crippen molar-refractivity contribution in [1.82, 2.24) is 9.97 Å². The molecule has 1 amide bonds. The Morgan fingerprint density at radius 3 is 2.90 bits per heavy atom. The van der Waals surface area contributed by atoms with Gasteiger partial charge in [0, 0.05) is 28.2 Å². The smallest absolute Gasteiger partial charge is 0.341 e. The van der Waals surface area contributed by atoms with Crippen LogP contribution in [-0.2, 0) is 38.0 Å². The standard InChI is InChI=1S/C20H19N3O5S3/c1-2-28-20(25)17-14-5-7-31(26,27)11-15(14)30-19(17)23-16(24)8-13-10-29-18(22-13)12-4-3-6-21-9-12/h3-4,6,9-10H,2,5,7-8,11H2,1H3,(H,23,24). The summed E-state index contributed by atoms with van der Waals surface area (Å²) in [4.78, 5) is 34.3. The minimum absolute atomic E-state index is 0.0214. The molecule has 0 saturated carbocycles. The summed E-state index contributed by atoms with van der Waals surface area (Å²) in [5.74, 6) is -1.04. The summed E-state index contributed by atoms with van der Waals surface area (Å²) in [5, 5.41) is 5.66. The highest BCUT2D eigenvalue weighted by molar-refractivity contribution is 7.90. The molecule has 0 fully saturated rings. The molecule has 1 N–H and O–H groups in total. The number of fused-ring (bicyclic) bond motifs is 1. The summed E-state index contributed by atoms with van der Waals surface area (Å²) in [6.45, 7) is 1.88. The summed E-state index contributed by atoms with van der Waals surface area (Å²) < 4.78 is 29.2. The van der Waals surface area contributed by atoms with E-state index in [1.807, 2.05) is 12.1 Å². The van der Waals surface area contributed by atoms with Gasteiger partial charge in [-0.05, 0) is 31.0 Å². The zero-order valence-electron chi connectivity index (χ0n) is 16.6. The fourth-order valence-corrected chi connectivity index (χ4v) is 7.14. The van der Waals surface area contributed by atoms with E-state index in [0.717, 1.165) is 21.9 Å². The predicted octanol–water partition coefficient (Wildman–Crippen LogP) is 3.10. The van der Waals surface area contributed by atoms with Crippen molar-refractivity contribution in [2.45, 2.75) is 25.5 Å². The van der Waals surface area contributed by atoms with Gasteiger partial charge in [-0.15, -0.1) is 22.7 Å². The highest BCUT2D eigenvalue weighted by Gasteiger charge is 2.32. The lowest BCUT2D eigenvalue weighted by Crippen LogP contribution is -2.20. The van der Waals surface area contributed by atoms with Gasteiger partial charge in [-0.3, -0.25) is 9.78 Å². The zero-order valence-corrected chi connectivity index (χ0v) is 19.0. The summed E-state index contributed by atoms with van der Waals surface area (Å²) in [6, 6.07) is 3.71. The predicted molar refractivity (Wildman–Crippen MR) is 119 cm³/mol. The fraction of sp³-hybridized carbons (Fsp3) is 0.300. The van der Waals surface area contributed by atoms with Gasteiger partial charge in [-0.2, -0.15) is 0 Å². The highest BCUT2D eigenvalue weighted by Crippen LogP contribution is 2.38. The first kappa shape index (κ1) is 21.6. The molecule has 11 heteroatoms. The molecule has 1 aliphatic rings. The van der Waals surface area contributed by atoms with Gasteiger partial charge in [-0.1, -0.05) is 0 Å². The lowest BCUT2D eigenvalue weighted by Gasteiger charge is -2.13. The number of anilines is 1. The molecule has 0 unspecified atom stereocenters. The van der Waals surface area contributed by atoms with E-state index in [4.69, 9.17) is 4.74 Å². The van der Waals surface area contributed by atoms with Crippen molar-refractivity contribution in [1.29, 1.82) is 0 Å². The minimum Gasteiger partial charge on any atom is -0.462 e. The van der Waals surface area contributed by atoms with E-state index in [0.29, 0.717) is 21.1 Å². The third-order valence-corrected chi connectivity index (χ3v) is 8.46. The lowest BCUT2D eigenvalue weighted by molar-refractivity contribution is -0.115. The van der Waals surface area contributed by atoms with Crippen molar-refractivity contribution < 1.29 is 22.7 Å². The van der Waals surface area contributed by atoms with E-state index in [9.17, 15) is 18.0 Å². The fourth-order valence-electron chi connectivity index (χ4n) is 3.28. The third kappa shape index (κ3) is 4.83. The topological polar surface area (TPSA) is 115 Å². The minimum atomic E-state index is -3.21. The average Bonchev–Trinajstić information content (AvgIpc) is 3.32. The zero-order chi connectivity index (χ0) is 22.0. The van der Waals surface area contributed by atoms with Crippen molar-refractivity contribution in [3.63, 3.8) is 0 Å². The van der Waals surface area contributed by atoms with Crippen LogP contribution < -0.4 is 5.32 Å². The monoisotopic (exact) mass is 477 g/mol. The number of carbonyl (C=O) groups excluding carboxylic acids is 2. The van der Waals surface area contributed by atoms with Gasteiger partial charge >= 0.3 is 5.97 Å². The van der Waals surface area contributed by atoms with Gasteiger partial charge in [0.05, 0.1) is 35.8 Å². The van der Waals surface area contributed by atoms with Crippen LogP contribution in [0.25, 0.3) is 10.6 Å². The van der Waals surface area contributed by atoms with E-state index in [1.54, 1.807) is 24.7 Å². The molecule has 0 aromatic carbocycles. The molecule has 4 heterocycles. The van der Waals surface area contributed by atoms with Crippen LogP contribution in [0.15, 0.2) is 29.9 Å². The molecule has 4 rings (SSSR count). The molecule has 31 heavy (non-hydrogen) atoms. The average molecular weight is 478 g/mol. The van der Waals surface area contributed by atoms with Gasteiger partial charge in [0.15, 0.2) is 9.84 Å². The van der Waals surface area contributed by atoms with Crippen LogP contribution in [0.1, 0.15) is 33.4 Å². The van der Waals surface area contributed by atoms with E-state index < -0.39 is 15.8 Å². The van der Waals surface area contributed by atoms with Crippen LogP contribution in [0, 0.1) is 0 Å². The lowest BCUT2D eigenvalue weighted by atomic mass is 10.1. The van der Waals surface area contributed by atoms with E-state index in [2.05, 4.69) is 15.3 Å². The van der Waals surface area contributed by atoms with Gasteiger partial charge in [-0.25, -0.2) is 18.2 Å². The second-order valence-electron chi connectivity index (χ2n) is 6.88. The van der Waals surface area contributed by atoms with E-state index in [1.165, 1.54) is 11.3 Å². The SMILES string of the molecule is CCOC(=O)c1c(NC(=O)Cc2csc(-c3cccnc3)n2)sc2c1CCS(=O)(=O)C2. The maximum Gasteiger partial charge on any atom is 0.341 e. The number of thiophene rings is 1. The number of pyridine rings is 1. The number of hydrogen-bond donors (Lipinski definition) is 1. The number of nitrogens with zero attached hydrogens (tertiary/aromatic N) is 2. The second kappa shape index (κ2) is 8.85. The molecule has 0 spiro atoms. The molecular formula is C20H19N3O5S3. The molecular weight excluding hydrogens is 458 g/mol. The number of rotatable bonds is 6. The molecule has 162 valence electrons. The first-order chi connectivity index (χ1) is 14.9. The Kier molecular flexibility index (Phi) is 6.17. The number of aromatic nitrogens is 2. The Hall–Kier alpha value is -2.63. The Bertz CT molecular complexity index is 1230. The van der Waals surface area contributed by atoms with E-state index in [-0.39, 0.29) is 42.4 Å². The molecule has 1 aliphatic heterocycles. The van der Waals surface area contributed by atoms with Crippen molar-refractivity contribution in [2.24, 2.45) is 0 Å². The van der Waals surface area contributed by atoms with Crippen LogP contribution in [0.2, 0.25) is 0 Å². The summed E-state index contributed by atoms with van der Waals surface area (Å²) in [7, 11) is -3.21. The van der Waals surface area contributed by atoms with Gasteiger partial charge in [0.25, 0.3) is 0 Å². The van der Waals surface area contributed by atoms with Crippen molar-refractivity contribution in [3.8, 4) is 10.6 Å². The first-order valence-corrected chi connectivity index (χ1v) is 13.0. The number of sulfone groups is 1. The summed E-state index contributed by atoms with van der Waals surface area (Å²) >= 11 is 2.54. The third-order valence-electron chi connectivity index (χ3n) is 4.64. The maximum atomic E-state index is 12.7. The molecule has 0 aliphatic carbocycles. The summed E-state index contributed by atoms with van der Waals surface area (Å²) in [6.07, 6.45) is 3.65. The van der Waals surface area contributed by atoms with Crippen LogP contribution in [0.4, 0.5) is 5.00 Å². The first-order valence-electron chi connectivity index (χ1n) is 9.53. The largest absolute Gasteiger partial charge is 0.462 e. The Balaban J connectivity index is 1.55. The number of esters is 1. The second-order valence-corrected chi connectivity index (χ2v) is 11.0. The highest BCUT2D eigenvalue weighted by atomic mass is 32.2. The Labute approximate surface area is 187 Å². The summed E-state index contributed by atoms with van der Waals surface area (Å²) in [5.41, 5.74) is 2.39. The molecule has 3 aromatic rings. The van der Waals surface area contributed by atoms with Crippen LogP contribution >= 0.6 is 22.7 Å². The Morgan fingerprint density at radius 2 is 2.16 bits per heavy atom. The van der Waals surface area contributed by atoms with Crippen LogP contribution in [0.5, 0.6) is 0 Å². The van der Waals surface area contributed by atoms with Crippen LogP contribution in [-0.4, -0.2) is 42.6 Å². The number of nitrogens with one attached hydrogen (secondary N) is 1. The van der Waals surface area contributed by atoms with E-state index >= 15 is 0 Å². The molecule has 8 nitrogen and oxygen atoms in total. The van der Waals surface area contributed by atoms with Crippen molar-refractivity contribution >= 4 is 49.4 Å². The van der Waals surface area contributed by atoms with Crippen LogP contribution in [0.3, 0.4) is 0 Å². The van der Waals surface area contributed by atoms with Crippen molar-refractivity contribution in [2.75, 3.05) is 17.7 Å². The number of carbonyl (C=O) groups is 2. The quantitative estimate of drug-likeness (QED) is 0.543. The normalized spacial score (nSPS) is 14.6. The Morgan fingerprint density at radius 1 is 1.32 bits per heavy atom. The number of amides is 1.